The number of hydrogen-bond donors (Lipinski definition) is 1. The van der Waals surface area contributed by atoms with Crippen molar-refractivity contribution >= 4 is 33.3 Å². The maximum atomic E-state index is 13.3. The van der Waals surface area contributed by atoms with Gasteiger partial charge in [-0.2, -0.15) is 0 Å². The van der Waals surface area contributed by atoms with Crippen molar-refractivity contribution in [3.8, 4) is 5.75 Å². The van der Waals surface area contributed by atoms with Crippen LogP contribution < -0.4 is 0 Å². The number of pyridine rings is 1. The van der Waals surface area contributed by atoms with Gasteiger partial charge in [0.1, 0.15) is 11.6 Å². The van der Waals surface area contributed by atoms with Crippen molar-refractivity contribution in [2.75, 3.05) is 6.61 Å². The lowest BCUT2D eigenvalue weighted by Crippen LogP contribution is -1.98. The molecule has 1 aromatic heterocycles. The third-order valence-electron chi connectivity index (χ3n) is 2.51. The van der Waals surface area contributed by atoms with E-state index in [9.17, 15) is 14.3 Å². The number of rotatable bonds is 4. The molecule has 6 heteroatoms. The second-order valence-electron chi connectivity index (χ2n) is 3.63. The number of aromatic nitrogens is 1. The third kappa shape index (κ3) is 2.43. The largest absolute Gasteiger partial charge is 0.507 e. The van der Waals surface area contributed by atoms with Crippen molar-refractivity contribution in [1.29, 1.82) is 0 Å². The van der Waals surface area contributed by atoms with Gasteiger partial charge in [0.25, 0.3) is 6.47 Å². The van der Waals surface area contributed by atoms with Crippen LogP contribution >= 0.6 is 15.9 Å². The Bertz CT molecular complexity index is 603. The fourth-order valence-corrected chi connectivity index (χ4v) is 1.96. The highest BCUT2D eigenvalue weighted by atomic mass is 79.9. The molecule has 1 heterocycles. The van der Waals surface area contributed by atoms with E-state index in [0.29, 0.717) is 29.4 Å². The normalized spacial score (nSPS) is 10.6. The zero-order chi connectivity index (χ0) is 13.1. The molecule has 18 heavy (non-hydrogen) atoms. The summed E-state index contributed by atoms with van der Waals surface area (Å²) in [6.45, 7) is 0.504. The van der Waals surface area contributed by atoms with E-state index in [1.54, 1.807) is 0 Å². The highest BCUT2D eigenvalue weighted by molar-refractivity contribution is 9.10. The Morgan fingerprint density at radius 1 is 1.50 bits per heavy atom. The van der Waals surface area contributed by atoms with Crippen molar-refractivity contribution < 1.29 is 19.0 Å². The van der Waals surface area contributed by atoms with Gasteiger partial charge >= 0.3 is 0 Å². The smallest absolute Gasteiger partial charge is 0.293 e. The minimum Gasteiger partial charge on any atom is -0.507 e. The lowest BCUT2D eigenvalue weighted by atomic mass is 10.1. The summed E-state index contributed by atoms with van der Waals surface area (Å²) in [5.41, 5.74) is 0.913. The number of benzene rings is 1. The van der Waals surface area contributed by atoms with Crippen LogP contribution in [0.4, 0.5) is 4.39 Å². The third-order valence-corrected chi connectivity index (χ3v) is 3.12. The van der Waals surface area contributed by atoms with Crippen molar-refractivity contribution in [2.45, 2.75) is 6.42 Å². The van der Waals surface area contributed by atoms with E-state index in [0.717, 1.165) is 0 Å². The molecule has 0 spiro atoms. The summed E-state index contributed by atoms with van der Waals surface area (Å²) in [7, 11) is 0. The van der Waals surface area contributed by atoms with E-state index >= 15 is 0 Å². The summed E-state index contributed by atoms with van der Waals surface area (Å²) in [4.78, 5) is 14.1. The summed E-state index contributed by atoms with van der Waals surface area (Å²) >= 11 is 3.05. The average molecular weight is 314 g/mol. The maximum Gasteiger partial charge on any atom is 0.293 e. The van der Waals surface area contributed by atoms with Gasteiger partial charge in [-0.1, -0.05) is 0 Å². The van der Waals surface area contributed by atoms with Gasteiger partial charge in [-0.15, -0.1) is 0 Å². The Morgan fingerprint density at radius 3 is 3.00 bits per heavy atom. The van der Waals surface area contributed by atoms with Crippen molar-refractivity contribution in [2.24, 2.45) is 0 Å². The minimum absolute atomic E-state index is 0.0233. The van der Waals surface area contributed by atoms with Gasteiger partial charge in [0, 0.05) is 29.6 Å². The van der Waals surface area contributed by atoms with E-state index in [-0.39, 0.29) is 16.8 Å². The number of hydrogen-bond acceptors (Lipinski definition) is 4. The van der Waals surface area contributed by atoms with Gasteiger partial charge in [0.15, 0.2) is 0 Å². The predicted molar refractivity (Wildman–Crippen MR) is 66.8 cm³/mol. The predicted octanol–water partition coefficient (Wildman–Crippen LogP) is 2.56. The summed E-state index contributed by atoms with van der Waals surface area (Å²) < 4.78 is 18.1. The molecule has 0 unspecified atom stereocenters. The number of carbonyl (C=O) groups is 1. The molecule has 0 aliphatic rings. The van der Waals surface area contributed by atoms with Crippen LogP contribution in [0.1, 0.15) is 5.56 Å². The monoisotopic (exact) mass is 313 g/mol. The molecule has 0 aliphatic heterocycles. The van der Waals surface area contributed by atoms with E-state index in [1.807, 2.05) is 0 Å². The highest BCUT2D eigenvalue weighted by Gasteiger charge is 2.10. The van der Waals surface area contributed by atoms with Crippen LogP contribution in [0.15, 0.2) is 22.8 Å². The number of halogens is 2. The summed E-state index contributed by atoms with van der Waals surface area (Å²) in [5.74, 6) is -0.415. The first-order chi connectivity index (χ1) is 8.63. The minimum atomic E-state index is -0.438. The average Bonchev–Trinajstić information content (AvgIpc) is 2.35. The summed E-state index contributed by atoms with van der Waals surface area (Å²) in [5, 5.41) is 10.5. The first-order valence-corrected chi connectivity index (χ1v) is 5.93. The number of aromatic hydroxyl groups is 1. The second kappa shape index (κ2) is 5.30. The summed E-state index contributed by atoms with van der Waals surface area (Å²) in [6, 6.07) is 2.71. The fraction of sp³-hybridized carbons (Fsp3) is 0.167. The zero-order valence-electron chi connectivity index (χ0n) is 9.19. The Balaban J connectivity index is 2.43. The van der Waals surface area contributed by atoms with Crippen LogP contribution in [0.5, 0.6) is 5.75 Å². The summed E-state index contributed by atoms with van der Waals surface area (Å²) in [6.07, 6.45) is 1.79. The number of fused-ring (bicyclic) bond motifs is 1. The van der Waals surface area contributed by atoms with Crippen molar-refractivity contribution in [3.05, 3.63) is 34.2 Å². The van der Waals surface area contributed by atoms with Crippen LogP contribution in [-0.4, -0.2) is 23.2 Å². The fourth-order valence-electron chi connectivity index (χ4n) is 1.61. The van der Waals surface area contributed by atoms with Crippen LogP contribution in [0.3, 0.4) is 0 Å². The Morgan fingerprint density at radius 2 is 2.28 bits per heavy atom. The van der Waals surface area contributed by atoms with Crippen LogP contribution in [0, 0.1) is 5.82 Å². The maximum absolute atomic E-state index is 13.3. The molecule has 2 aromatic rings. The van der Waals surface area contributed by atoms with Crippen molar-refractivity contribution in [3.63, 3.8) is 0 Å². The Hall–Kier alpha value is -1.69. The lowest BCUT2D eigenvalue weighted by molar-refractivity contribution is -0.128. The molecule has 0 fully saturated rings. The van der Waals surface area contributed by atoms with Gasteiger partial charge in [0.2, 0.25) is 0 Å². The van der Waals surface area contributed by atoms with Crippen LogP contribution in [-0.2, 0) is 16.0 Å². The molecular formula is C12H9BrFNO3. The molecule has 0 atom stereocenters. The van der Waals surface area contributed by atoms with E-state index < -0.39 is 5.82 Å². The molecule has 0 saturated carbocycles. The van der Waals surface area contributed by atoms with E-state index in [1.165, 1.54) is 18.3 Å². The molecule has 0 aliphatic carbocycles. The van der Waals surface area contributed by atoms with E-state index in [4.69, 9.17) is 0 Å². The number of nitrogens with zero attached hydrogens (tertiary/aromatic N) is 1. The quantitative estimate of drug-likeness (QED) is 0.696. The molecule has 0 bridgehead atoms. The Labute approximate surface area is 111 Å². The first kappa shape index (κ1) is 12.8. The topological polar surface area (TPSA) is 59.4 Å². The standard InChI is InChI=1S/C12H9BrFNO3/c13-9-3-8-11(4-10(9)14)15-5-7(12(8)17)1-2-18-6-16/h3-6H,1-2H2,(H,15,17). The molecule has 1 N–H and O–H groups in total. The van der Waals surface area contributed by atoms with Gasteiger partial charge in [-0.3, -0.25) is 9.78 Å². The van der Waals surface area contributed by atoms with Gasteiger partial charge in [-0.25, -0.2) is 4.39 Å². The SMILES string of the molecule is O=COCCc1cnc2cc(F)c(Br)cc2c1O. The van der Waals surface area contributed by atoms with Crippen LogP contribution in [0.25, 0.3) is 10.9 Å². The van der Waals surface area contributed by atoms with Gasteiger partial charge < -0.3 is 9.84 Å². The zero-order valence-corrected chi connectivity index (χ0v) is 10.8. The van der Waals surface area contributed by atoms with Gasteiger partial charge in [0.05, 0.1) is 16.6 Å². The second-order valence-corrected chi connectivity index (χ2v) is 4.49. The van der Waals surface area contributed by atoms with Gasteiger partial charge in [-0.05, 0) is 22.0 Å². The van der Waals surface area contributed by atoms with E-state index in [2.05, 4.69) is 25.7 Å². The highest BCUT2D eigenvalue weighted by Crippen LogP contribution is 2.31. The van der Waals surface area contributed by atoms with Crippen molar-refractivity contribution in [1.82, 2.24) is 4.98 Å². The molecule has 94 valence electrons. The van der Waals surface area contributed by atoms with Crippen LogP contribution in [0.2, 0.25) is 0 Å². The molecule has 4 nitrogen and oxygen atoms in total. The molecule has 1 aromatic carbocycles. The molecule has 2 rings (SSSR count). The molecule has 0 amide bonds. The number of carbonyl (C=O) groups excluding carboxylic acids is 1. The molecular weight excluding hydrogens is 305 g/mol. The molecule has 0 saturated heterocycles. The Kier molecular flexibility index (Phi) is 3.76. The lowest BCUT2D eigenvalue weighted by Gasteiger charge is -2.07. The first-order valence-electron chi connectivity index (χ1n) is 5.14. The molecule has 0 radical (unpaired) electrons. The number of ether oxygens (including phenoxy) is 1.